The number of unbranched alkanes of at least 4 members (excludes halogenated alkanes) is 1. The van der Waals surface area contributed by atoms with Crippen molar-refractivity contribution in [1.29, 1.82) is 0 Å². The predicted molar refractivity (Wildman–Crippen MR) is 54.4 cm³/mol. The van der Waals surface area contributed by atoms with Crippen LogP contribution in [0, 0.1) is 12.3 Å². The van der Waals surface area contributed by atoms with E-state index in [1.54, 1.807) is 4.90 Å². The van der Waals surface area contributed by atoms with Crippen molar-refractivity contribution in [2.75, 3.05) is 6.54 Å². The van der Waals surface area contributed by atoms with Gasteiger partial charge in [-0.15, -0.1) is 13.0 Å². The van der Waals surface area contributed by atoms with Gasteiger partial charge in [-0.2, -0.15) is 0 Å². The molecule has 0 aliphatic carbocycles. The second-order valence-corrected chi connectivity index (χ2v) is 3.40. The first-order chi connectivity index (χ1) is 6.70. The smallest absolute Gasteiger partial charge is 0.226 e. The number of aliphatic hydroxyl groups is 1. The molecule has 1 aliphatic rings. The van der Waals surface area contributed by atoms with Gasteiger partial charge >= 0.3 is 0 Å². The summed E-state index contributed by atoms with van der Waals surface area (Å²) in [7, 11) is 0. The van der Waals surface area contributed by atoms with Gasteiger partial charge in [-0.1, -0.05) is 12.0 Å². The molecule has 2 atom stereocenters. The molecule has 0 spiro atoms. The average Bonchev–Trinajstić information content (AvgIpc) is 2.42. The summed E-state index contributed by atoms with van der Waals surface area (Å²) in [6.07, 6.45) is 8.23. The molecule has 1 rings (SSSR count). The summed E-state index contributed by atoms with van der Waals surface area (Å²) in [5.74, 6) is 2.40. The van der Waals surface area contributed by atoms with Crippen LogP contribution < -0.4 is 0 Å². The van der Waals surface area contributed by atoms with E-state index in [4.69, 9.17) is 6.42 Å². The van der Waals surface area contributed by atoms with Crippen molar-refractivity contribution in [3.63, 3.8) is 0 Å². The second kappa shape index (κ2) is 4.83. The quantitative estimate of drug-likeness (QED) is 0.402. The van der Waals surface area contributed by atoms with Gasteiger partial charge < -0.3 is 10.0 Å². The number of amides is 1. The Morgan fingerprint density at radius 1 is 1.79 bits per heavy atom. The molecule has 0 radical (unpaired) electrons. The molecule has 76 valence electrons. The summed E-state index contributed by atoms with van der Waals surface area (Å²) in [5, 5.41) is 9.46. The van der Waals surface area contributed by atoms with Crippen molar-refractivity contribution >= 4 is 5.91 Å². The average molecular weight is 193 g/mol. The molecular weight excluding hydrogens is 178 g/mol. The third-order valence-corrected chi connectivity index (χ3v) is 2.38. The van der Waals surface area contributed by atoms with Gasteiger partial charge in [0.15, 0.2) is 0 Å². The van der Waals surface area contributed by atoms with E-state index >= 15 is 0 Å². The van der Waals surface area contributed by atoms with Crippen molar-refractivity contribution < 1.29 is 9.90 Å². The molecule has 1 fully saturated rings. The minimum absolute atomic E-state index is 0.0514. The third-order valence-electron chi connectivity index (χ3n) is 2.38. The molecule has 1 saturated heterocycles. The van der Waals surface area contributed by atoms with Crippen molar-refractivity contribution in [2.24, 2.45) is 0 Å². The van der Waals surface area contributed by atoms with Crippen LogP contribution in [0.25, 0.3) is 0 Å². The molecule has 3 heteroatoms. The fourth-order valence-corrected chi connectivity index (χ4v) is 1.64. The Balaban J connectivity index is 2.53. The molecule has 1 heterocycles. The van der Waals surface area contributed by atoms with Crippen LogP contribution in [0.2, 0.25) is 0 Å². The SMILES string of the molecule is C#C[C@H]1[C@@H](O)CC(=O)N1CCCC=C. The van der Waals surface area contributed by atoms with Gasteiger partial charge in [0.1, 0.15) is 6.04 Å². The van der Waals surface area contributed by atoms with Gasteiger partial charge in [0, 0.05) is 6.54 Å². The lowest BCUT2D eigenvalue weighted by Gasteiger charge is -2.21. The molecule has 0 aromatic heterocycles. The first kappa shape index (κ1) is 10.8. The Morgan fingerprint density at radius 3 is 3.07 bits per heavy atom. The molecule has 0 aromatic rings. The van der Waals surface area contributed by atoms with Gasteiger partial charge in [0.25, 0.3) is 0 Å². The minimum Gasteiger partial charge on any atom is -0.389 e. The van der Waals surface area contributed by atoms with Crippen LogP contribution in [0.3, 0.4) is 0 Å². The number of carbonyl (C=O) groups excluding carboxylic acids is 1. The van der Waals surface area contributed by atoms with Crippen LogP contribution in [-0.2, 0) is 4.79 Å². The van der Waals surface area contributed by atoms with E-state index in [1.807, 2.05) is 6.08 Å². The van der Waals surface area contributed by atoms with E-state index < -0.39 is 12.1 Å². The number of hydrogen-bond acceptors (Lipinski definition) is 2. The molecule has 1 amide bonds. The number of likely N-dealkylation sites (tertiary alicyclic amines) is 1. The van der Waals surface area contributed by atoms with Gasteiger partial charge in [-0.25, -0.2) is 0 Å². The van der Waals surface area contributed by atoms with Crippen LogP contribution in [0.15, 0.2) is 12.7 Å². The standard InChI is InChI=1S/C11H15NO2/c1-3-5-6-7-12-9(4-2)10(13)8-11(12)14/h2-3,9-10,13H,1,5-8H2/t9-,10-/m0/s1. The highest BCUT2D eigenvalue weighted by atomic mass is 16.3. The molecule has 0 unspecified atom stereocenters. The molecule has 0 bridgehead atoms. The fourth-order valence-electron chi connectivity index (χ4n) is 1.64. The number of rotatable bonds is 4. The number of allylic oxidation sites excluding steroid dienone is 1. The Kier molecular flexibility index (Phi) is 3.73. The monoisotopic (exact) mass is 193 g/mol. The number of hydrogen-bond donors (Lipinski definition) is 1. The Bertz CT molecular complexity index is 267. The maximum atomic E-state index is 11.4. The Hall–Kier alpha value is -1.27. The van der Waals surface area contributed by atoms with E-state index in [1.165, 1.54) is 0 Å². The highest BCUT2D eigenvalue weighted by Gasteiger charge is 2.36. The zero-order valence-electron chi connectivity index (χ0n) is 8.15. The van der Waals surface area contributed by atoms with Gasteiger partial charge in [0.05, 0.1) is 12.5 Å². The number of carbonyl (C=O) groups is 1. The summed E-state index contributed by atoms with van der Waals surface area (Å²) < 4.78 is 0. The van der Waals surface area contributed by atoms with E-state index in [0.717, 1.165) is 12.8 Å². The summed E-state index contributed by atoms with van der Waals surface area (Å²) in [6.45, 7) is 4.21. The van der Waals surface area contributed by atoms with E-state index in [-0.39, 0.29) is 12.3 Å². The first-order valence-corrected chi connectivity index (χ1v) is 4.75. The van der Waals surface area contributed by atoms with Crippen molar-refractivity contribution in [1.82, 2.24) is 4.90 Å². The van der Waals surface area contributed by atoms with Gasteiger partial charge in [-0.05, 0) is 12.8 Å². The molecule has 1 N–H and O–H groups in total. The van der Waals surface area contributed by atoms with Crippen LogP contribution >= 0.6 is 0 Å². The lowest BCUT2D eigenvalue weighted by atomic mass is 10.2. The summed E-state index contributed by atoms with van der Waals surface area (Å²) in [6, 6.07) is -0.438. The molecule has 3 nitrogen and oxygen atoms in total. The van der Waals surface area contributed by atoms with E-state index in [9.17, 15) is 9.90 Å². The summed E-state index contributed by atoms with van der Waals surface area (Å²) in [4.78, 5) is 13.0. The fraction of sp³-hybridized carbons (Fsp3) is 0.545. The molecular formula is C11H15NO2. The van der Waals surface area contributed by atoms with Gasteiger partial charge in [0.2, 0.25) is 5.91 Å². The third kappa shape index (κ3) is 2.15. The zero-order valence-corrected chi connectivity index (χ0v) is 8.15. The Morgan fingerprint density at radius 2 is 2.50 bits per heavy atom. The topological polar surface area (TPSA) is 40.5 Å². The Labute approximate surface area is 84.4 Å². The van der Waals surface area contributed by atoms with E-state index in [0.29, 0.717) is 6.54 Å². The van der Waals surface area contributed by atoms with E-state index in [2.05, 4.69) is 12.5 Å². The number of aliphatic hydroxyl groups excluding tert-OH is 1. The lowest BCUT2D eigenvalue weighted by Crippen LogP contribution is -2.36. The minimum atomic E-state index is -0.698. The van der Waals surface area contributed by atoms with Crippen LogP contribution in [0.1, 0.15) is 19.3 Å². The highest BCUT2D eigenvalue weighted by molar-refractivity contribution is 5.80. The van der Waals surface area contributed by atoms with Crippen LogP contribution in [0.5, 0.6) is 0 Å². The summed E-state index contributed by atoms with van der Waals surface area (Å²) >= 11 is 0. The lowest BCUT2D eigenvalue weighted by molar-refractivity contribution is -0.128. The highest BCUT2D eigenvalue weighted by Crippen LogP contribution is 2.19. The molecule has 0 saturated carbocycles. The van der Waals surface area contributed by atoms with Crippen molar-refractivity contribution in [3.05, 3.63) is 12.7 Å². The maximum absolute atomic E-state index is 11.4. The zero-order chi connectivity index (χ0) is 10.6. The predicted octanol–water partition coefficient (Wildman–Crippen LogP) is 0.548. The second-order valence-electron chi connectivity index (χ2n) is 3.40. The first-order valence-electron chi connectivity index (χ1n) is 4.75. The molecule has 14 heavy (non-hydrogen) atoms. The van der Waals surface area contributed by atoms with Crippen LogP contribution in [-0.4, -0.2) is 34.6 Å². The molecule has 0 aromatic carbocycles. The van der Waals surface area contributed by atoms with Crippen molar-refractivity contribution in [2.45, 2.75) is 31.4 Å². The van der Waals surface area contributed by atoms with Gasteiger partial charge in [-0.3, -0.25) is 4.79 Å². The largest absolute Gasteiger partial charge is 0.389 e. The normalized spacial score (nSPS) is 26.3. The van der Waals surface area contributed by atoms with Crippen molar-refractivity contribution in [3.8, 4) is 12.3 Å². The van der Waals surface area contributed by atoms with Crippen LogP contribution in [0.4, 0.5) is 0 Å². The maximum Gasteiger partial charge on any atom is 0.226 e. The molecule has 1 aliphatic heterocycles. The number of terminal acetylenes is 1. The number of nitrogens with zero attached hydrogens (tertiary/aromatic N) is 1. The summed E-state index contributed by atoms with van der Waals surface area (Å²) in [5.41, 5.74) is 0.